The van der Waals surface area contributed by atoms with E-state index in [4.69, 9.17) is 9.47 Å². The molecule has 1 aliphatic heterocycles. The normalized spacial score (nSPS) is 16.2. The Morgan fingerprint density at radius 2 is 2.11 bits per heavy atom. The van der Waals surface area contributed by atoms with E-state index in [0.29, 0.717) is 17.3 Å². The molecule has 1 atom stereocenters. The second kappa shape index (κ2) is 8.12. The molecule has 0 aliphatic carbocycles. The number of aryl methyl sites for hydroxylation is 2. The van der Waals surface area contributed by atoms with Gasteiger partial charge >= 0.3 is 5.97 Å². The van der Waals surface area contributed by atoms with Crippen LogP contribution in [0.3, 0.4) is 0 Å². The van der Waals surface area contributed by atoms with Gasteiger partial charge in [-0.3, -0.25) is 19.1 Å². The molecule has 1 unspecified atom stereocenters. The molecule has 2 heterocycles. The molecule has 28 heavy (non-hydrogen) atoms. The molecule has 1 aromatic carbocycles. The number of anilines is 2. The van der Waals surface area contributed by atoms with Gasteiger partial charge in [-0.05, 0) is 19.1 Å². The third kappa shape index (κ3) is 4.30. The molecular formula is C19H22N4O5. The number of nitrogens with one attached hydrogen (secondary N) is 1. The van der Waals surface area contributed by atoms with E-state index in [1.165, 1.54) is 9.58 Å². The Hall–Kier alpha value is -3.36. The van der Waals surface area contributed by atoms with Gasteiger partial charge in [-0.1, -0.05) is 6.07 Å². The van der Waals surface area contributed by atoms with Crippen LogP contribution in [0, 0.1) is 12.8 Å². The molecule has 0 saturated carbocycles. The lowest BCUT2D eigenvalue weighted by molar-refractivity contribution is -0.151. The van der Waals surface area contributed by atoms with Gasteiger partial charge in [-0.25, -0.2) is 0 Å². The number of hydrogen-bond donors (Lipinski definition) is 1. The van der Waals surface area contributed by atoms with Gasteiger partial charge in [-0.15, -0.1) is 0 Å². The lowest BCUT2D eigenvalue weighted by atomic mass is 10.1. The van der Waals surface area contributed by atoms with Crippen LogP contribution in [0.1, 0.15) is 12.1 Å². The molecule has 9 nitrogen and oxygen atoms in total. The Morgan fingerprint density at radius 1 is 1.32 bits per heavy atom. The van der Waals surface area contributed by atoms with Crippen molar-refractivity contribution in [3.05, 3.63) is 36.0 Å². The van der Waals surface area contributed by atoms with E-state index in [1.54, 1.807) is 51.4 Å². The highest BCUT2D eigenvalue weighted by Gasteiger charge is 2.36. The molecule has 9 heteroatoms. The lowest BCUT2D eigenvalue weighted by Crippen LogP contribution is -2.28. The summed E-state index contributed by atoms with van der Waals surface area (Å²) in [5, 5.41) is 6.75. The first-order chi connectivity index (χ1) is 13.4. The van der Waals surface area contributed by atoms with Crippen molar-refractivity contribution in [2.45, 2.75) is 13.3 Å². The van der Waals surface area contributed by atoms with Crippen molar-refractivity contribution in [2.75, 3.05) is 30.5 Å². The van der Waals surface area contributed by atoms with Crippen molar-refractivity contribution in [1.82, 2.24) is 9.78 Å². The van der Waals surface area contributed by atoms with Gasteiger partial charge in [0.1, 0.15) is 11.6 Å². The number of aromatic nitrogens is 2. The summed E-state index contributed by atoms with van der Waals surface area (Å²) in [4.78, 5) is 38.1. The number of benzene rings is 1. The second-order valence-corrected chi connectivity index (χ2v) is 6.56. The minimum absolute atomic E-state index is 0.0403. The van der Waals surface area contributed by atoms with Crippen molar-refractivity contribution in [2.24, 2.45) is 13.0 Å². The summed E-state index contributed by atoms with van der Waals surface area (Å²) >= 11 is 0. The van der Waals surface area contributed by atoms with E-state index in [-0.39, 0.29) is 18.9 Å². The fraction of sp³-hybridized carbons (Fsp3) is 0.368. The quantitative estimate of drug-likeness (QED) is 0.750. The molecule has 2 amide bonds. The van der Waals surface area contributed by atoms with Gasteiger partial charge in [0.05, 0.1) is 18.7 Å². The van der Waals surface area contributed by atoms with Crippen LogP contribution >= 0.6 is 0 Å². The van der Waals surface area contributed by atoms with E-state index < -0.39 is 24.4 Å². The third-order valence-corrected chi connectivity index (χ3v) is 4.44. The average molecular weight is 386 g/mol. The molecule has 1 N–H and O–H groups in total. The van der Waals surface area contributed by atoms with Crippen LogP contribution in [0.4, 0.5) is 11.5 Å². The number of carbonyl (C=O) groups is 3. The summed E-state index contributed by atoms with van der Waals surface area (Å²) in [6.07, 6.45) is 0.0403. The third-order valence-electron chi connectivity index (χ3n) is 4.44. The zero-order chi connectivity index (χ0) is 20.3. The Balaban J connectivity index is 1.54. The maximum absolute atomic E-state index is 12.3. The zero-order valence-corrected chi connectivity index (χ0v) is 16.0. The topological polar surface area (TPSA) is 103 Å². The van der Waals surface area contributed by atoms with Crippen LogP contribution in [0.2, 0.25) is 0 Å². The Kier molecular flexibility index (Phi) is 5.62. The van der Waals surface area contributed by atoms with Gasteiger partial charge in [-0.2, -0.15) is 5.10 Å². The SMILES string of the molecule is COc1cccc(N2CC(C(=O)OCC(=O)Nc3cc(C)nn3C)CC2=O)c1. The van der Waals surface area contributed by atoms with Crippen molar-refractivity contribution in [3.63, 3.8) is 0 Å². The van der Waals surface area contributed by atoms with Crippen LogP contribution in [0.15, 0.2) is 30.3 Å². The zero-order valence-electron chi connectivity index (χ0n) is 16.0. The fourth-order valence-corrected chi connectivity index (χ4v) is 3.05. The average Bonchev–Trinajstić information content (AvgIpc) is 3.21. The molecule has 0 radical (unpaired) electrons. The molecule has 3 rings (SSSR count). The summed E-state index contributed by atoms with van der Waals surface area (Å²) < 4.78 is 11.8. The summed E-state index contributed by atoms with van der Waals surface area (Å²) in [5.41, 5.74) is 1.42. The summed E-state index contributed by atoms with van der Waals surface area (Å²) in [6.45, 7) is 1.58. The van der Waals surface area contributed by atoms with Crippen LogP contribution in [0.5, 0.6) is 5.75 Å². The number of esters is 1. The molecule has 1 aromatic heterocycles. The molecule has 1 fully saturated rings. The molecule has 2 aromatic rings. The number of ether oxygens (including phenoxy) is 2. The van der Waals surface area contributed by atoms with Crippen LogP contribution < -0.4 is 15.0 Å². The van der Waals surface area contributed by atoms with Gasteiger partial charge < -0.3 is 19.7 Å². The lowest BCUT2D eigenvalue weighted by Gasteiger charge is -2.17. The highest BCUT2D eigenvalue weighted by atomic mass is 16.5. The Bertz CT molecular complexity index is 907. The smallest absolute Gasteiger partial charge is 0.311 e. The Labute approximate surface area is 162 Å². The number of methoxy groups -OCH3 is 1. The van der Waals surface area contributed by atoms with Crippen LogP contribution in [-0.2, 0) is 26.2 Å². The maximum atomic E-state index is 12.3. The first kappa shape index (κ1) is 19.4. The molecule has 148 valence electrons. The molecule has 0 bridgehead atoms. The number of nitrogens with zero attached hydrogens (tertiary/aromatic N) is 3. The van der Waals surface area contributed by atoms with E-state index in [1.807, 2.05) is 0 Å². The summed E-state index contributed by atoms with van der Waals surface area (Å²) in [7, 11) is 3.24. The first-order valence-corrected chi connectivity index (χ1v) is 8.79. The summed E-state index contributed by atoms with van der Waals surface area (Å²) in [5.74, 6) is -0.701. The second-order valence-electron chi connectivity index (χ2n) is 6.56. The fourth-order valence-electron chi connectivity index (χ4n) is 3.05. The standard InChI is InChI=1S/C19H22N4O5/c1-12-7-16(22(2)21-12)20-17(24)11-28-19(26)13-8-18(25)23(10-13)14-5-4-6-15(9-14)27-3/h4-7,9,13H,8,10-11H2,1-3H3,(H,20,24). The van der Waals surface area contributed by atoms with Gasteiger partial charge in [0, 0.05) is 37.8 Å². The highest BCUT2D eigenvalue weighted by molar-refractivity contribution is 6.00. The maximum Gasteiger partial charge on any atom is 0.311 e. The predicted molar refractivity (Wildman–Crippen MR) is 101 cm³/mol. The van der Waals surface area contributed by atoms with E-state index in [0.717, 1.165) is 5.69 Å². The van der Waals surface area contributed by atoms with E-state index in [2.05, 4.69) is 10.4 Å². The predicted octanol–water partition coefficient (Wildman–Crippen LogP) is 1.27. The van der Waals surface area contributed by atoms with E-state index in [9.17, 15) is 14.4 Å². The number of carbonyl (C=O) groups excluding carboxylic acids is 3. The number of hydrogen-bond acceptors (Lipinski definition) is 6. The number of amides is 2. The van der Waals surface area contributed by atoms with Crippen molar-refractivity contribution >= 4 is 29.3 Å². The van der Waals surface area contributed by atoms with Crippen LogP contribution in [0.25, 0.3) is 0 Å². The highest BCUT2D eigenvalue weighted by Crippen LogP contribution is 2.28. The van der Waals surface area contributed by atoms with E-state index >= 15 is 0 Å². The van der Waals surface area contributed by atoms with Crippen molar-refractivity contribution < 1.29 is 23.9 Å². The minimum Gasteiger partial charge on any atom is -0.497 e. The molecule has 0 spiro atoms. The van der Waals surface area contributed by atoms with Crippen molar-refractivity contribution in [1.29, 1.82) is 0 Å². The van der Waals surface area contributed by atoms with Gasteiger partial charge in [0.2, 0.25) is 5.91 Å². The van der Waals surface area contributed by atoms with Gasteiger partial charge in [0.15, 0.2) is 6.61 Å². The Morgan fingerprint density at radius 3 is 2.79 bits per heavy atom. The molecule has 1 aliphatic rings. The van der Waals surface area contributed by atoms with Gasteiger partial charge in [0.25, 0.3) is 5.91 Å². The largest absolute Gasteiger partial charge is 0.497 e. The molecule has 1 saturated heterocycles. The summed E-state index contributed by atoms with van der Waals surface area (Å²) in [6, 6.07) is 8.77. The molecular weight excluding hydrogens is 364 g/mol. The van der Waals surface area contributed by atoms with Crippen molar-refractivity contribution in [3.8, 4) is 5.75 Å². The monoisotopic (exact) mass is 386 g/mol. The minimum atomic E-state index is -0.620. The number of rotatable bonds is 6. The first-order valence-electron chi connectivity index (χ1n) is 8.79. The van der Waals surface area contributed by atoms with Crippen LogP contribution in [-0.4, -0.2) is 47.8 Å².